The quantitative estimate of drug-likeness (QED) is 0.929. The van der Waals surface area contributed by atoms with Crippen LogP contribution in [0.1, 0.15) is 35.5 Å². The van der Waals surface area contributed by atoms with Crippen LogP contribution < -0.4 is 5.32 Å². The van der Waals surface area contributed by atoms with Gasteiger partial charge in [-0.05, 0) is 44.5 Å². The Bertz CT molecular complexity index is 677. The van der Waals surface area contributed by atoms with E-state index in [0.717, 1.165) is 11.3 Å². The van der Waals surface area contributed by atoms with E-state index in [9.17, 15) is 10.1 Å². The first-order valence-corrected chi connectivity index (χ1v) is 6.52. The molecule has 0 saturated heterocycles. The summed E-state index contributed by atoms with van der Waals surface area (Å²) in [6, 6.07) is 11.6. The molecule has 0 fully saturated rings. The Labute approximate surface area is 118 Å². The van der Waals surface area contributed by atoms with Gasteiger partial charge < -0.3 is 9.88 Å². The number of aromatic nitrogens is 1. The standard InChI is InChI=1S/C16H17N3O/c1-11(2)18-16(20)15-13(10-17)7-8-19(15)14-6-4-5-12(3)9-14/h4-9,11H,1-3H3,(H,18,20). The summed E-state index contributed by atoms with van der Waals surface area (Å²) in [6.07, 6.45) is 1.75. The van der Waals surface area contributed by atoms with Gasteiger partial charge in [0.25, 0.3) is 5.91 Å². The summed E-state index contributed by atoms with van der Waals surface area (Å²) in [5.41, 5.74) is 2.74. The van der Waals surface area contributed by atoms with Crippen molar-refractivity contribution in [1.82, 2.24) is 9.88 Å². The summed E-state index contributed by atoms with van der Waals surface area (Å²) in [6.45, 7) is 5.78. The fourth-order valence-corrected chi connectivity index (χ4v) is 2.08. The minimum atomic E-state index is -0.233. The summed E-state index contributed by atoms with van der Waals surface area (Å²) in [5.74, 6) is -0.233. The summed E-state index contributed by atoms with van der Waals surface area (Å²) >= 11 is 0. The molecule has 0 bridgehead atoms. The number of rotatable bonds is 3. The molecule has 1 heterocycles. The van der Waals surface area contributed by atoms with E-state index in [0.29, 0.717) is 11.3 Å². The van der Waals surface area contributed by atoms with Crippen molar-refractivity contribution in [3.05, 3.63) is 53.3 Å². The number of benzene rings is 1. The van der Waals surface area contributed by atoms with Gasteiger partial charge in [0.1, 0.15) is 11.8 Å². The van der Waals surface area contributed by atoms with Crippen LogP contribution in [0.4, 0.5) is 0 Å². The van der Waals surface area contributed by atoms with Gasteiger partial charge in [0, 0.05) is 17.9 Å². The summed E-state index contributed by atoms with van der Waals surface area (Å²) < 4.78 is 1.75. The molecule has 0 saturated carbocycles. The van der Waals surface area contributed by atoms with Crippen LogP contribution >= 0.6 is 0 Å². The van der Waals surface area contributed by atoms with Crippen molar-refractivity contribution in [1.29, 1.82) is 5.26 Å². The zero-order chi connectivity index (χ0) is 14.7. The lowest BCUT2D eigenvalue weighted by Crippen LogP contribution is -2.32. The molecule has 4 nitrogen and oxygen atoms in total. The minimum Gasteiger partial charge on any atom is -0.349 e. The van der Waals surface area contributed by atoms with Crippen LogP contribution in [0.15, 0.2) is 36.5 Å². The van der Waals surface area contributed by atoms with E-state index in [2.05, 4.69) is 11.4 Å². The maximum atomic E-state index is 12.3. The Morgan fingerprint density at radius 3 is 2.70 bits per heavy atom. The Kier molecular flexibility index (Phi) is 3.90. The first-order chi connectivity index (χ1) is 9.52. The highest BCUT2D eigenvalue weighted by molar-refractivity contribution is 5.96. The second kappa shape index (κ2) is 5.62. The number of nitrogens with zero attached hydrogens (tertiary/aromatic N) is 2. The molecule has 0 atom stereocenters. The van der Waals surface area contributed by atoms with Crippen molar-refractivity contribution in [3.8, 4) is 11.8 Å². The predicted molar refractivity (Wildman–Crippen MR) is 77.8 cm³/mol. The highest BCUT2D eigenvalue weighted by Gasteiger charge is 2.18. The van der Waals surface area contributed by atoms with Crippen molar-refractivity contribution < 1.29 is 4.79 Å². The zero-order valence-corrected chi connectivity index (χ0v) is 11.8. The van der Waals surface area contributed by atoms with Crippen molar-refractivity contribution in [3.63, 3.8) is 0 Å². The van der Waals surface area contributed by atoms with Gasteiger partial charge in [0.15, 0.2) is 0 Å². The zero-order valence-electron chi connectivity index (χ0n) is 11.8. The highest BCUT2D eigenvalue weighted by Crippen LogP contribution is 2.18. The molecule has 1 aromatic carbocycles. The third-order valence-corrected chi connectivity index (χ3v) is 2.92. The third-order valence-electron chi connectivity index (χ3n) is 2.92. The van der Waals surface area contributed by atoms with Gasteiger partial charge in [-0.15, -0.1) is 0 Å². The van der Waals surface area contributed by atoms with Gasteiger partial charge in [-0.2, -0.15) is 5.26 Å². The number of nitriles is 1. The van der Waals surface area contributed by atoms with Crippen molar-refractivity contribution in [2.45, 2.75) is 26.8 Å². The molecule has 20 heavy (non-hydrogen) atoms. The van der Waals surface area contributed by atoms with Crippen LogP contribution in [-0.4, -0.2) is 16.5 Å². The lowest BCUT2D eigenvalue weighted by Gasteiger charge is -2.12. The summed E-state index contributed by atoms with van der Waals surface area (Å²) in [7, 11) is 0. The number of carbonyl (C=O) groups is 1. The normalized spacial score (nSPS) is 10.3. The molecule has 0 aliphatic rings. The number of nitrogens with one attached hydrogen (secondary N) is 1. The van der Waals surface area contributed by atoms with Gasteiger partial charge in [0.05, 0.1) is 5.56 Å². The van der Waals surface area contributed by atoms with Gasteiger partial charge >= 0.3 is 0 Å². The van der Waals surface area contributed by atoms with Crippen LogP contribution in [0.5, 0.6) is 0 Å². The molecule has 0 spiro atoms. The second-order valence-corrected chi connectivity index (χ2v) is 5.03. The topological polar surface area (TPSA) is 57.8 Å². The number of aryl methyl sites for hydroxylation is 1. The lowest BCUT2D eigenvalue weighted by atomic mass is 10.2. The molecule has 0 unspecified atom stereocenters. The summed E-state index contributed by atoms with van der Waals surface area (Å²) in [4.78, 5) is 12.3. The molecule has 2 rings (SSSR count). The minimum absolute atomic E-state index is 0.0231. The van der Waals surface area contributed by atoms with Gasteiger partial charge in [0.2, 0.25) is 0 Å². The van der Waals surface area contributed by atoms with Crippen LogP contribution in [-0.2, 0) is 0 Å². The predicted octanol–water partition coefficient (Wildman–Crippen LogP) is 2.80. The number of hydrogen-bond donors (Lipinski definition) is 1. The van der Waals surface area contributed by atoms with E-state index >= 15 is 0 Å². The smallest absolute Gasteiger partial charge is 0.269 e. The summed E-state index contributed by atoms with van der Waals surface area (Å²) in [5, 5.41) is 12.0. The first-order valence-electron chi connectivity index (χ1n) is 6.52. The van der Waals surface area contributed by atoms with Crippen LogP contribution in [0.2, 0.25) is 0 Å². The van der Waals surface area contributed by atoms with Gasteiger partial charge in [-0.25, -0.2) is 0 Å². The van der Waals surface area contributed by atoms with Crippen LogP contribution in [0.25, 0.3) is 5.69 Å². The molecular weight excluding hydrogens is 250 g/mol. The molecule has 4 heteroatoms. The van der Waals surface area contributed by atoms with E-state index in [1.165, 1.54) is 0 Å². The Morgan fingerprint density at radius 1 is 1.35 bits per heavy atom. The van der Waals surface area contributed by atoms with Gasteiger partial charge in [-0.3, -0.25) is 4.79 Å². The number of carbonyl (C=O) groups excluding carboxylic acids is 1. The average molecular weight is 267 g/mol. The van der Waals surface area contributed by atoms with Crippen LogP contribution in [0.3, 0.4) is 0 Å². The monoisotopic (exact) mass is 267 g/mol. The maximum Gasteiger partial charge on any atom is 0.269 e. The molecule has 0 aliphatic carbocycles. The van der Waals surface area contributed by atoms with Crippen molar-refractivity contribution in [2.75, 3.05) is 0 Å². The Hall–Kier alpha value is -2.54. The Balaban J connectivity index is 2.53. The SMILES string of the molecule is Cc1cccc(-n2ccc(C#N)c2C(=O)NC(C)C)c1. The molecule has 2 aromatic rings. The molecule has 1 aromatic heterocycles. The van der Waals surface area contributed by atoms with Crippen molar-refractivity contribution >= 4 is 5.91 Å². The first kappa shape index (κ1) is 13.9. The molecule has 1 amide bonds. The van der Waals surface area contributed by atoms with Gasteiger partial charge in [-0.1, -0.05) is 12.1 Å². The van der Waals surface area contributed by atoms with E-state index in [-0.39, 0.29) is 11.9 Å². The molecule has 1 N–H and O–H groups in total. The second-order valence-electron chi connectivity index (χ2n) is 5.03. The van der Waals surface area contributed by atoms with Crippen LogP contribution in [0, 0.1) is 18.3 Å². The lowest BCUT2D eigenvalue weighted by molar-refractivity contribution is 0.0936. The fourth-order valence-electron chi connectivity index (χ4n) is 2.08. The molecule has 0 aliphatic heterocycles. The molecular formula is C16H17N3O. The van der Waals surface area contributed by atoms with E-state index in [1.54, 1.807) is 16.8 Å². The number of hydrogen-bond acceptors (Lipinski definition) is 2. The molecule has 102 valence electrons. The van der Waals surface area contributed by atoms with E-state index in [4.69, 9.17) is 0 Å². The molecule has 0 radical (unpaired) electrons. The average Bonchev–Trinajstić information content (AvgIpc) is 2.81. The third kappa shape index (κ3) is 2.72. The fraction of sp³-hybridized carbons (Fsp3) is 0.250. The highest BCUT2D eigenvalue weighted by atomic mass is 16.2. The van der Waals surface area contributed by atoms with E-state index < -0.39 is 0 Å². The van der Waals surface area contributed by atoms with Crippen molar-refractivity contribution in [2.24, 2.45) is 0 Å². The largest absolute Gasteiger partial charge is 0.349 e. The number of amides is 1. The van der Waals surface area contributed by atoms with E-state index in [1.807, 2.05) is 45.0 Å². The maximum absolute atomic E-state index is 12.3. The Morgan fingerprint density at radius 2 is 2.10 bits per heavy atom.